The van der Waals surface area contributed by atoms with E-state index in [1.807, 2.05) is 0 Å². The second-order valence-electron chi connectivity index (χ2n) is 5.14. The Labute approximate surface area is 99.2 Å². The first kappa shape index (κ1) is 12.9. The van der Waals surface area contributed by atoms with Crippen molar-refractivity contribution in [2.24, 2.45) is 17.6 Å². The van der Waals surface area contributed by atoms with Crippen molar-refractivity contribution in [1.29, 1.82) is 0 Å². The fourth-order valence-corrected chi connectivity index (χ4v) is 1.94. The molecule has 0 aromatic heterocycles. The molecule has 0 aromatic carbocycles. The van der Waals surface area contributed by atoms with E-state index < -0.39 is 0 Å². The second-order valence-corrected chi connectivity index (χ2v) is 5.67. The van der Waals surface area contributed by atoms with Crippen molar-refractivity contribution in [3.8, 4) is 0 Å². The number of hydrogen-bond acceptors (Lipinski definition) is 2. The molecule has 0 aromatic rings. The lowest BCUT2D eigenvalue weighted by molar-refractivity contribution is 0.243. The molecule has 3 heteroatoms. The van der Waals surface area contributed by atoms with Gasteiger partial charge in [0.1, 0.15) is 0 Å². The molecular weight excluding hydrogens is 204 g/mol. The lowest BCUT2D eigenvalue weighted by atomic mass is 10.2. The molecule has 15 heavy (non-hydrogen) atoms. The predicted molar refractivity (Wildman–Crippen MR) is 70.0 cm³/mol. The lowest BCUT2D eigenvalue weighted by Crippen LogP contribution is -2.32. The quantitative estimate of drug-likeness (QED) is 0.647. The van der Waals surface area contributed by atoms with Gasteiger partial charge in [-0.1, -0.05) is 38.9 Å². The largest absolute Gasteiger partial charge is 0.393 e. The van der Waals surface area contributed by atoms with Gasteiger partial charge >= 0.3 is 0 Å². The first-order chi connectivity index (χ1) is 7.08. The van der Waals surface area contributed by atoms with Crippen LogP contribution < -0.4 is 5.73 Å². The van der Waals surface area contributed by atoms with E-state index in [1.54, 1.807) is 0 Å². The zero-order valence-electron chi connectivity index (χ0n) is 10.0. The second kappa shape index (κ2) is 6.44. The first-order valence-electron chi connectivity index (χ1n) is 6.08. The van der Waals surface area contributed by atoms with E-state index in [0.717, 1.165) is 24.8 Å². The molecule has 2 N–H and O–H groups in total. The highest BCUT2D eigenvalue weighted by Gasteiger charge is 2.21. The highest BCUT2D eigenvalue weighted by molar-refractivity contribution is 7.80. The molecule has 88 valence electrons. The van der Waals surface area contributed by atoms with Gasteiger partial charge in [0.25, 0.3) is 0 Å². The summed E-state index contributed by atoms with van der Waals surface area (Å²) in [5.74, 6) is 1.75. The van der Waals surface area contributed by atoms with E-state index in [2.05, 4.69) is 18.7 Å². The Bertz CT molecular complexity index is 200. The zero-order valence-corrected chi connectivity index (χ0v) is 10.9. The van der Waals surface area contributed by atoms with Crippen molar-refractivity contribution < 1.29 is 0 Å². The van der Waals surface area contributed by atoms with Crippen LogP contribution in [0.4, 0.5) is 0 Å². The normalized spacial score (nSPS) is 16.3. The molecule has 0 atom stereocenters. The third-order valence-corrected chi connectivity index (χ3v) is 3.05. The van der Waals surface area contributed by atoms with Gasteiger partial charge in [0, 0.05) is 19.5 Å². The Morgan fingerprint density at radius 2 is 2.07 bits per heavy atom. The van der Waals surface area contributed by atoms with Crippen molar-refractivity contribution in [1.82, 2.24) is 4.90 Å². The summed E-state index contributed by atoms with van der Waals surface area (Å²) >= 11 is 4.93. The summed E-state index contributed by atoms with van der Waals surface area (Å²) in [4.78, 5) is 3.16. The van der Waals surface area contributed by atoms with Crippen LogP contribution in [0.5, 0.6) is 0 Å². The minimum absolute atomic E-state index is 0.648. The first-order valence-corrected chi connectivity index (χ1v) is 6.49. The minimum atomic E-state index is 0.648. The molecule has 1 fully saturated rings. The molecule has 2 nitrogen and oxygen atoms in total. The van der Waals surface area contributed by atoms with Crippen molar-refractivity contribution in [3.63, 3.8) is 0 Å². The molecule has 0 radical (unpaired) electrons. The molecule has 0 unspecified atom stereocenters. The summed E-state index contributed by atoms with van der Waals surface area (Å²) in [6.45, 7) is 7.98. The summed E-state index contributed by atoms with van der Waals surface area (Å²) in [6, 6.07) is 0. The fraction of sp³-hybridized carbons (Fsp3) is 0.917. The Balaban J connectivity index is 2.19. The van der Waals surface area contributed by atoms with E-state index in [-0.39, 0.29) is 0 Å². The minimum Gasteiger partial charge on any atom is -0.393 e. The SMILES string of the molecule is CC(C)CN(CCC(N)=S)CCC1CC1. The van der Waals surface area contributed by atoms with E-state index >= 15 is 0 Å². The molecular formula is C12H24N2S. The van der Waals surface area contributed by atoms with Crippen molar-refractivity contribution in [2.75, 3.05) is 19.6 Å². The van der Waals surface area contributed by atoms with Gasteiger partial charge in [-0.25, -0.2) is 0 Å². The number of rotatable bonds is 8. The summed E-state index contributed by atoms with van der Waals surface area (Å²) in [6.07, 6.45) is 5.13. The lowest BCUT2D eigenvalue weighted by Gasteiger charge is -2.23. The van der Waals surface area contributed by atoms with E-state index in [9.17, 15) is 0 Å². The molecule has 0 heterocycles. The topological polar surface area (TPSA) is 29.3 Å². The van der Waals surface area contributed by atoms with Crippen LogP contribution in [0, 0.1) is 11.8 Å². The molecule has 1 saturated carbocycles. The smallest absolute Gasteiger partial charge is 0.0740 e. The van der Waals surface area contributed by atoms with Gasteiger partial charge in [0.15, 0.2) is 0 Å². The van der Waals surface area contributed by atoms with Crippen molar-refractivity contribution in [3.05, 3.63) is 0 Å². The Hall–Kier alpha value is -0.150. The van der Waals surface area contributed by atoms with Gasteiger partial charge in [0.2, 0.25) is 0 Å². The van der Waals surface area contributed by atoms with E-state index in [1.165, 1.54) is 32.4 Å². The maximum atomic E-state index is 5.54. The number of nitrogens with two attached hydrogens (primary N) is 1. The molecule has 0 saturated heterocycles. The molecule has 0 bridgehead atoms. The van der Waals surface area contributed by atoms with Crippen LogP contribution in [0.2, 0.25) is 0 Å². The summed E-state index contributed by atoms with van der Waals surface area (Å²) in [7, 11) is 0. The average molecular weight is 228 g/mol. The Morgan fingerprint density at radius 1 is 1.40 bits per heavy atom. The van der Waals surface area contributed by atoms with E-state index in [4.69, 9.17) is 18.0 Å². The van der Waals surface area contributed by atoms with E-state index in [0.29, 0.717) is 4.99 Å². The molecule has 1 rings (SSSR count). The maximum Gasteiger partial charge on any atom is 0.0740 e. The van der Waals surface area contributed by atoms with Gasteiger partial charge in [0.05, 0.1) is 4.99 Å². The highest BCUT2D eigenvalue weighted by atomic mass is 32.1. The summed E-state index contributed by atoms with van der Waals surface area (Å²) in [5, 5.41) is 0. The average Bonchev–Trinajstić information content (AvgIpc) is 2.92. The Kier molecular flexibility index (Phi) is 5.54. The van der Waals surface area contributed by atoms with Gasteiger partial charge in [-0.15, -0.1) is 0 Å². The molecule has 1 aliphatic rings. The molecule has 1 aliphatic carbocycles. The maximum absolute atomic E-state index is 5.54. The zero-order chi connectivity index (χ0) is 11.3. The van der Waals surface area contributed by atoms with Crippen LogP contribution in [0.15, 0.2) is 0 Å². The number of thiocarbonyl (C=S) groups is 1. The van der Waals surface area contributed by atoms with Crippen LogP contribution in [-0.2, 0) is 0 Å². The van der Waals surface area contributed by atoms with Gasteiger partial charge in [-0.3, -0.25) is 0 Å². The van der Waals surface area contributed by atoms with Crippen LogP contribution in [0.25, 0.3) is 0 Å². The third kappa shape index (κ3) is 6.85. The van der Waals surface area contributed by atoms with Crippen LogP contribution in [0.1, 0.15) is 39.5 Å². The van der Waals surface area contributed by atoms with Gasteiger partial charge in [-0.05, 0) is 24.8 Å². The highest BCUT2D eigenvalue weighted by Crippen LogP contribution is 2.32. The molecule has 0 aliphatic heterocycles. The third-order valence-electron chi connectivity index (χ3n) is 2.85. The van der Waals surface area contributed by atoms with Crippen molar-refractivity contribution in [2.45, 2.75) is 39.5 Å². The Morgan fingerprint density at radius 3 is 2.53 bits per heavy atom. The van der Waals surface area contributed by atoms with Crippen LogP contribution >= 0.6 is 12.2 Å². The molecule has 0 amide bonds. The van der Waals surface area contributed by atoms with Gasteiger partial charge < -0.3 is 10.6 Å². The van der Waals surface area contributed by atoms with Crippen LogP contribution in [0.3, 0.4) is 0 Å². The van der Waals surface area contributed by atoms with Gasteiger partial charge in [-0.2, -0.15) is 0 Å². The number of hydrogen-bond donors (Lipinski definition) is 1. The summed E-state index contributed by atoms with van der Waals surface area (Å²) < 4.78 is 0. The fourth-order valence-electron chi connectivity index (χ4n) is 1.85. The summed E-state index contributed by atoms with van der Waals surface area (Å²) in [5.41, 5.74) is 5.54. The standard InChI is InChI=1S/C12H24N2S/c1-10(2)9-14(8-6-12(13)15)7-5-11-3-4-11/h10-11H,3-9H2,1-2H3,(H2,13,15). The molecule has 0 spiro atoms. The monoisotopic (exact) mass is 228 g/mol. The van der Waals surface area contributed by atoms with Crippen LogP contribution in [-0.4, -0.2) is 29.5 Å². The number of nitrogens with zero attached hydrogens (tertiary/aromatic N) is 1. The predicted octanol–water partition coefficient (Wildman–Crippen LogP) is 2.42. The van der Waals surface area contributed by atoms with Crippen molar-refractivity contribution >= 4 is 17.2 Å².